The lowest BCUT2D eigenvalue weighted by Gasteiger charge is -2.32. The number of nitrogens with zero attached hydrogens (tertiary/aromatic N) is 2. The number of benzene rings is 1. The summed E-state index contributed by atoms with van der Waals surface area (Å²) in [4.78, 5) is 16.8. The minimum Gasteiger partial charge on any atom is -0.465 e. The van der Waals surface area contributed by atoms with Crippen LogP contribution in [-0.2, 0) is 11.3 Å². The first kappa shape index (κ1) is 16.5. The molecule has 1 aliphatic heterocycles. The van der Waals surface area contributed by atoms with Crippen LogP contribution in [0.25, 0.3) is 6.08 Å². The molecular weight excluding hydrogens is 302 g/mol. The predicted molar refractivity (Wildman–Crippen MR) is 95.6 cm³/mol. The van der Waals surface area contributed by atoms with E-state index >= 15 is 0 Å². The van der Waals surface area contributed by atoms with Crippen molar-refractivity contribution in [2.75, 3.05) is 38.5 Å². The van der Waals surface area contributed by atoms with Gasteiger partial charge in [0.15, 0.2) is 0 Å². The molecule has 5 heteroatoms. The monoisotopic (exact) mass is 325 g/mol. The molecule has 1 N–H and O–H groups in total. The smallest absolute Gasteiger partial charge is 0.248 e. The van der Waals surface area contributed by atoms with Gasteiger partial charge in [-0.2, -0.15) is 0 Å². The summed E-state index contributed by atoms with van der Waals surface area (Å²) in [7, 11) is 2.16. The molecule has 0 saturated carbocycles. The fourth-order valence-corrected chi connectivity index (χ4v) is 2.74. The Morgan fingerprint density at radius 1 is 1.21 bits per heavy atom. The number of furan rings is 1. The molecule has 0 bridgehead atoms. The van der Waals surface area contributed by atoms with Gasteiger partial charge in [0.25, 0.3) is 0 Å². The van der Waals surface area contributed by atoms with E-state index in [-0.39, 0.29) is 5.91 Å². The molecule has 0 radical (unpaired) electrons. The Morgan fingerprint density at radius 3 is 2.79 bits per heavy atom. The fraction of sp³-hybridized carbons (Fsp3) is 0.316. The van der Waals surface area contributed by atoms with Crippen molar-refractivity contribution in [2.45, 2.75) is 6.54 Å². The van der Waals surface area contributed by atoms with Crippen molar-refractivity contribution < 1.29 is 9.21 Å². The van der Waals surface area contributed by atoms with E-state index < -0.39 is 0 Å². The van der Waals surface area contributed by atoms with Gasteiger partial charge in [0.2, 0.25) is 5.91 Å². The summed E-state index contributed by atoms with van der Waals surface area (Å²) in [5, 5.41) is 2.89. The SMILES string of the molecule is CN1CCN(Cc2cccc(NC(=O)/C=C/c3ccco3)c2)CC1. The maximum atomic E-state index is 12.0. The summed E-state index contributed by atoms with van der Waals surface area (Å²) in [5.41, 5.74) is 2.03. The molecule has 24 heavy (non-hydrogen) atoms. The van der Waals surface area contributed by atoms with Crippen LogP contribution < -0.4 is 5.32 Å². The van der Waals surface area contributed by atoms with E-state index in [1.54, 1.807) is 24.5 Å². The molecular formula is C19H23N3O2. The van der Waals surface area contributed by atoms with Gasteiger partial charge in [-0.1, -0.05) is 12.1 Å². The molecule has 1 aromatic heterocycles. The largest absolute Gasteiger partial charge is 0.465 e. The van der Waals surface area contributed by atoms with Crippen molar-refractivity contribution in [3.8, 4) is 0 Å². The Bertz CT molecular complexity index is 686. The lowest BCUT2D eigenvalue weighted by molar-refractivity contribution is -0.111. The minimum atomic E-state index is -0.164. The zero-order chi connectivity index (χ0) is 16.8. The van der Waals surface area contributed by atoms with Gasteiger partial charge >= 0.3 is 0 Å². The van der Waals surface area contributed by atoms with Crippen molar-refractivity contribution >= 4 is 17.7 Å². The van der Waals surface area contributed by atoms with Crippen LogP contribution in [0.15, 0.2) is 53.2 Å². The van der Waals surface area contributed by atoms with Gasteiger partial charge in [-0.3, -0.25) is 9.69 Å². The standard InChI is InChI=1S/C19H23N3O2/c1-21-9-11-22(12-10-21)15-16-4-2-5-17(14-16)20-19(23)8-7-18-6-3-13-24-18/h2-8,13-14H,9-12,15H2,1H3,(H,20,23)/b8-7+. The first-order chi connectivity index (χ1) is 11.7. The van der Waals surface area contributed by atoms with Crippen LogP contribution in [0.1, 0.15) is 11.3 Å². The van der Waals surface area contributed by atoms with Crippen molar-refractivity contribution in [2.24, 2.45) is 0 Å². The first-order valence-corrected chi connectivity index (χ1v) is 8.21. The number of nitrogens with one attached hydrogen (secondary N) is 1. The third kappa shape index (κ3) is 4.81. The maximum absolute atomic E-state index is 12.0. The molecule has 1 aromatic carbocycles. The van der Waals surface area contributed by atoms with Crippen LogP contribution in [0, 0.1) is 0 Å². The average molecular weight is 325 g/mol. The number of likely N-dealkylation sites (N-methyl/N-ethyl adjacent to an activating group) is 1. The lowest BCUT2D eigenvalue weighted by Crippen LogP contribution is -2.43. The van der Waals surface area contributed by atoms with Crippen LogP contribution in [0.2, 0.25) is 0 Å². The van der Waals surface area contributed by atoms with Gasteiger partial charge in [-0.15, -0.1) is 0 Å². The van der Waals surface area contributed by atoms with E-state index in [1.807, 2.05) is 18.2 Å². The Balaban J connectivity index is 1.55. The normalized spacial score (nSPS) is 16.5. The Labute approximate surface area is 142 Å². The van der Waals surface area contributed by atoms with Crippen molar-refractivity contribution in [1.29, 1.82) is 0 Å². The van der Waals surface area contributed by atoms with E-state index in [0.717, 1.165) is 38.4 Å². The number of piperazine rings is 1. The fourth-order valence-electron chi connectivity index (χ4n) is 2.74. The zero-order valence-corrected chi connectivity index (χ0v) is 13.9. The summed E-state index contributed by atoms with van der Waals surface area (Å²) in [6, 6.07) is 11.6. The summed E-state index contributed by atoms with van der Waals surface area (Å²) < 4.78 is 5.17. The number of anilines is 1. The van der Waals surface area contributed by atoms with E-state index in [4.69, 9.17) is 4.42 Å². The second-order valence-corrected chi connectivity index (χ2v) is 6.12. The minimum absolute atomic E-state index is 0.164. The number of carbonyl (C=O) groups is 1. The van der Waals surface area contributed by atoms with Gasteiger partial charge in [0.05, 0.1) is 6.26 Å². The lowest BCUT2D eigenvalue weighted by atomic mass is 10.1. The van der Waals surface area contributed by atoms with Crippen molar-refractivity contribution in [3.63, 3.8) is 0 Å². The van der Waals surface area contributed by atoms with Crippen molar-refractivity contribution in [1.82, 2.24) is 9.80 Å². The molecule has 5 nitrogen and oxygen atoms in total. The van der Waals surface area contributed by atoms with Gasteiger partial charge in [-0.25, -0.2) is 0 Å². The average Bonchev–Trinajstić information content (AvgIpc) is 3.09. The Hall–Kier alpha value is -2.37. The first-order valence-electron chi connectivity index (χ1n) is 8.21. The summed E-state index contributed by atoms with van der Waals surface area (Å²) >= 11 is 0. The molecule has 0 unspecified atom stereocenters. The van der Waals surface area contributed by atoms with Crippen LogP contribution in [0.4, 0.5) is 5.69 Å². The van der Waals surface area contributed by atoms with Crippen molar-refractivity contribution in [3.05, 3.63) is 60.1 Å². The van der Waals surface area contributed by atoms with Crippen LogP contribution in [0.5, 0.6) is 0 Å². The number of carbonyl (C=O) groups excluding carboxylic acids is 1. The predicted octanol–water partition coefficient (Wildman–Crippen LogP) is 2.68. The molecule has 2 aromatic rings. The maximum Gasteiger partial charge on any atom is 0.248 e. The van der Waals surface area contributed by atoms with E-state index in [0.29, 0.717) is 5.76 Å². The molecule has 3 rings (SSSR count). The summed E-state index contributed by atoms with van der Waals surface area (Å²) in [6.45, 7) is 5.29. The molecule has 1 aliphatic rings. The van der Waals surface area contributed by atoms with Crippen LogP contribution in [0.3, 0.4) is 0 Å². The summed E-state index contributed by atoms with van der Waals surface area (Å²) in [5.74, 6) is 0.497. The molecule has 1 fully saturated rings. The quantitative estimate of drug-likeness (QED) is 0.859. The van der Waals surface area contributed by atoms with Crippen LogP contribution >= 0.6 is 0 Å². The molecule has 0 aliphatic carbocycles. The second kappa shape index (κ2) is 7.95. The van der Waals surface area contributed by atoms with Gasteiger partial charge < -0.3 is 14.6 Å². The molecule has 2 heterocycles. The third-order valence-electron chi connectivity index (χ3n) is 4.14. The highest BCUT2D eigenvalue weighted by molar-refractivity contribution is 6.01. The number of amides is 1. The van der Waals surface area contributed by atoms with E-state index in [9.17, 15) is 4.79 Å². The highest BCUT2D eigenvalue weighted by atomic mass is 16.3. The molecule has 126 valence electrons. The molecule has 1 saturated heterocycles. The van der Waals surface area contributed by atoms with Gasteiger partial charge in [0.1, 0.15) is 5.76 Å². The van der Waals surface area contributed by atoms with Gasteiger partial charge in [0, 0.05) is 44.5 Å². The highest BCUT2D eigenvalue weighted by Gasteiger charge is 2.13. The van der Waals surface area contributed by atoms with E-state index in [2.05, 4.69) is 28.2 Å². The molecule has 0 atom stereocenters. The number of hydrogen-bond acceptors (Lipinski definition) is 4. The second-order valence-electron chi connectivity index (χ2n) is 6.12. The topological polar surface area (TPSA) is 48.7 Å². The third-order valence-corrected chi connectivity index (χ3v) is 4.14. The summed E-state index contributed by atoms with van der Waals surface area (Å²) in [6.07, 6.45) is 4.72. The molecule has 0 spiro atoms. The van der Waals surface area contributed by atoms with E-state index in [1.165, 1.54) is 11.6 Å². The number of hydrogen-bond donors (Lipinski definition) is 1. The van der Waals surface area contributed by atoms with Gasteiger partial charge in [-0.05, 0) is 43.0 Å². The van der Waals surface area contributed by atoms with Crippen LogP contribution in [-0.4, -0.2) is 48.9 Å². The molecule has 1 amide bonds. The highest BCUT2D eigenvalue weighted by Crippen LogP contribution is 2.14. The number of rotatable bonds is 5. The zero-order valence-electron chi connectivity index (χ0n) is 13.9. The Kier molecular flexibility index (Phi) is 5.46. The Morgan fingerprint density at radius 2 is 2.04 bits per heavy atom.